The molecule has 8 nitrogen and oxygen atoms in total. The molecule has 0 aliphatic rings. The van der Waals surface area contributed by atoms with Crippen LogP contribution in [0.1, 0.15) is 42.4 Å². The lowest BCUT2D eigenvalue weighted by Gasteiger charge is -2.13. The largest absolute Gasteiger partial charge is 0.493 e. The molecular weight excluding hydrogens is 338 g/mol. The number of carbonyl (C=O) groups excluding carboxylic acids is 1. The predicted octanol–water partition coefficient (Wildman–Crippen LogP) is 2.46. The van der Waals surface area contributed by atoms with Gasteiger partial charge in [0.25, 0.3) is 0 Å². The number of amides is 1. The van der Waals surface area contributed by atoms with Crippen LogP contribution < -0.4 is 19.5 Å². The van der Waals surface area contributed by atoms with Crippen molar-refractivity contribution in [1.29, 1.82) is 0 Å². The third-order valence-electron chi connectivity index (χ3n) is 3.75. The van der Waals surface area contributed by atoms with E-state index in [4.69, 9.17) is 18.6 Å². The van der Waals surface area contributed by atoms with E-state index in [2.05, 4.69) is 29.4 Å². The van der Waals surface area contributed by atoms with Gasteiger partial charge in [0.05, 0.1) is 27.8 Å². The Morgan fingerprint density at radius 2 is 1.77 bits per heavy atom. The Balaban J connectivity index is 2.10. The van der Waals surface area contributed by atoms with Gasteiger partial charge in [-0.25, -0.2) is 0 Å². The summed E-state index contributed by atoms with van der Waals surface area (Å²) in [6, 6.07) is 3.60. The molecule has 8 heteroatoms. The molecule has 0 bridgehead atoms. The van der Waals surface area contributed by atoms with E-state index in [9.17, 15) is 4.79 Å². The number of carbonyl (C=O) groups is 1. The molecule has 26 heavy (non-hydrogen) atoms. The summed E-state index contributed by atoms with van der Waals surface area (Å²) in [5.41, 5.74) is 0.829. The summed E-state index contributed by atoms with van der Waals surface area (Å²) < 4.78 is 21.4. The molecule has 1 aromatic carbocycles. The summed E-state index contributed by atoms with van der Waals surface area (Å²) in [6.45, 7) is 4.75. The van der Waals surface area contributed by atoms with Gasteiger partial charge in [-0.1, -0.05) is 13.8 Å². The normalized spacial score (nSPS) is 10.7. The van der Waals surface area contributed by atoms with Crippen LogP contribution in [0.25, 0.3) is 0 Å². The van der Waals surface area contributed by atoms with E-state index in [-0.39, 0.29) is 11.8 Å². The number of ether oxygens (including phenoxy) is 3. The van der Waals surface area contributed by atoms with E-state index in [0.29, 0.717) is 42.0 Å². The zero-order chi connectivity index (χ0) is 19.1. The minimum Gasteiger partial charge on any atom is -0.493 e. The molecule has 1 aromatic heterocycles. The number of hydrogen-bond donors (Lipinski definition) is 1. The summed E-state index contributed by atoms with van der Waals surface area (Å²) in [7, 11) is 4.64. The van der Waals surface area contributed by atoms with Crippen LogP contribution in [0.5, 0.6) is 17.2 Å². The molecule has 0 atom stereocenters. The van der Waals surface area contributed by atoms with Gasteiger partial charge in [0, 0.05) is 6.54 Å². The molecule has 0 fully saturated rings. The van der Waals surface area contributed by atoms with Crippen molar-refractivity contribution < 1.29 is 23.4 Å². The molecule has 0 aliphatic heterocycles. The van der Waals surface area contributed by atoms with E-state index in [1.807, 2.05) is 0 Å². The third-order valence-corrected chi connectivity index (χ3v) is 3.75. The lowest BCUT2D eigenvalue weighted by atomic mass is 10.1. The highest BCUT2D eigenvalue weighted by Gasteiger charge is 2.17. The lowest BCUT2D eigenvalue weighted by Crippen LogP contribution is -2.25. The van der Waals surface area contributed by atoms with Crippen LogP contribution in [0.15, 0.2) is 16.5 Å². The van der Waals surface area contributed by atoms with Gasteiger partial charge in [-0.3, -0.25) is 4.79 Å². The van der Waals surface area contributed by atoms with Gasteiger partial charge in [-0.15, -0.1) is 10.2 Å². The number of rotatable bonds is 9. The van der Waals surface area contributed by atoms with Crippen molar-refractivity contribution in [2.75, 3.05) is 27.9 Å². The van der Waals surface area contributed by atoms with Gasteiger partial charge in [0.2, 0.25) is 11.6 Å². The fourth-order valence-electron chi connectivity index (χ4n) is 2.38. The van der Waals surface area contributed by atoms with Crippen LogP contribution in [0.4, 0.5) is 0 Å². The highest BCUT2D eigenvalue weighted by molar-refractivity contribution is 5.89. The van der Waals surface area contributed by atoms with Crippen molar-refractivity contribution in [2.24, 2.45) is 5.92 Å². The SMILES string of the molecule is COc1cc(Cc2nnc(C(=O)NCCC(C)C)o2)cc(OC)c1OC. The molecule has 0 spiro atoms. The second-order valence-electron chi connectivity index (χ2n) is 6.15. The standard InChI is InChI=1S/C18H25N3O5/c1-11(2)6-7-19-17(22)18-21-20-15(26-18)10-12-8-13(23-3)16(25-5)14(9-12)24-4/h8-9,11H,6-7,10H2,1-5H3,(H,19,22). The molecule has 2 aromatic rings. The Bertz CT molecular complexity index is 717. The molecule has 142 valence electrons. The molecule has 0 unspecified atom stereocenters. The van der Waals surface area contributed by atoms with Gasteiger partial charge in [0.15, 0.2) is 11.5 Å². The second-order valence-corrected chi connectivity index (χ2v) is 6.15. The molecule has 0 aliphatic carbocycles. The smallest absolute Gasteiger partial charge is 0.308 e. The molecule has 0 saturated heterocycles. The fraction of sp³-hybridized carbons (Fsp3) is 0.500. The van der Waals surface area contributed by atoms with Crippen LogP contribution in [0.2, 0.25) is 0 Å². The van der Waals surface area contributed by atoms with Gasteiger partial charge < -0.3 is 23.9 Å². The molecule has 2 rings (SSSR count). The van der Waals surface area contributed by atoms with Crippen molar-refractivity contribution in [3.63, 3.8) is 0 Å². The van der Waals surface area contributed by atoms with Crippen molar-refractivity contribution in [1.82, 2.24) is 15.5 Å². The maximum Gasteiger partial charge on any atom is 0.308 e. The van der Waals surface area contributed by atoms with Gasteiger partial charge in [-0.2, -0.15) is 0 Å². The number of nitrogens with one attached hydrogen (secondary N) is 1. The number of hydrogen-bond acceptors (Lipinski definition) is 7. The lowest BCUT2D eigenvalue weighted by molar-refractivity contribution is 0.0915. The second kappa shape index (κ2) is 9.07. The van der Waals surface area contributed by atoms with Gasteiger partial charge in [0.1, 0.15) is 0 Å². The summed E-state index contributed by atoms with van der Waals surface area (Å²) in [5, 5.41) is 10.5. The molecular formula is C18H25N3O5. The van der Waals surface area contributed by atoms with Crippen molar-refractivity contribution in [3.8, 4) is 17.2 Å². The minimum atomic E-state index is -0.366. The summed E-state index contributed by atoms with van der Waals surface area (Å²) in [6.07, 6.45) is 1.22. The summed E-state index contributed by atoms with van der Waals surface area (Å²) >= 11 is 0. The van der Waals surface area contributed by atoms with Gasteiger partial charge in [-0.05, 0) is 30.0 Å². The van der Waals surface area contributed by atoms with Crippen LogP contribution >= 0.6 is 0 Å². The van der Waals surface area contributed by atoms with Crippen LogP contribution in [-0.2, 0) is 6.42 Å². The Morgan fingerprint density at radius 3 is 2.31 bits per heavy atom. The first kappa shape index (κ1) is 19.6. The first-order chi connectivity index (χ1) is 12.5. The number of methoxy groups -OCH3 is 3. The third kappa shape index (κ3) is 4.87. The Morgan fingerprint density at radius 1 is 1.12 bits per heavy atom. The Hall–Kier alpha value is -2.77. The minimum absolute atomic E-state index is 0.0452. The van der Waals surface area contributed by atoms with Crippen molar-refractivity contribution >= 4 is 5.91 Å². The highest BCUT2D eigenvalue weighted by atomic mass is 16.5. The molecule has 1 N–H and O–H groups in total. The first-order valence-electron chi connectivity index (χ1n) is 8.38. The summed E-state index contributed by atoms with van der Waals surface area (Å²) in [5.74, 6) is 2.00. The quantitative estimate of drug-likeness (QED) is 0.731. The van der Waals surface area contributed by atoms with Crippen LogP contribution in [0.3, 0.4) is 0 Å². The van der Waals surface area contributed by atoms with E-state index in [0.717, 1.165) is 12.0 Å². The topological polar surface area (TPSA) is 95.7 Å². The fourth-order valence-corrected chi connectivity index (χ4v) is 2.38. The summed E-state index contributed by atoms with van der Waals surface area (Å²) in [4.78, 5) is 12.0. The molecule has 1 amide bonds. The molecule has 1 heterocycles. The van der Waals surface area contributed by atoms with Crippen LogP contribution in [0, 0.1) is 5.92 Å². The zero-order valence-electron chi connectivity index (χ0n) is 15.8. The Labute approximate surface area is 152 Å². The average molecular weight is 363 g/mol. The maximum atomic E-state index is 12.0. The average Bonchev–Trinajstić information content (AvgIpc) is 3.08. The predicted molar refractivity (Wildman–Crippen MR) is 95.0 cm³/mol. The monoisotopic (exact) mass is 363 g/mol. The Kier molecular flexibility index (Phi) is 6.82. The molecule has 0 radical (unpaired) electrons. The van der Waals surface area contributed by atoms with E-state index < -0.39 is 0 Å². The maximum absolute atomic E-state index is 12.0. The first-order valence-corrected chi connectivity index (χ1v) is 8.38. The van der Waals surface area contributed by atoms with Crippen LogP contribution in [-0.4, -0.2) is 44.0 Å². The number of aromatic nitrogens is 2. The van der Waals surface area contributed by atoms with E-state index in [1.54, 1.807) is 33.5 Å². The van der Waals surface area contributed by atoms with E-state index in [1.165, 1.54) is 0 Å². The van der Waals surface area contributed by atoms with Gasteiger partial charge >= 0.3 is 11.8 Å². The van der Waals surface area contributed by atoms with Crippen molar-refractivity contribution in [2.45, 2.75) is 26.7 Å². The molecule has 0 saturated carbocycles. The number of benzene rings is 1. The van der Waals surface area contributed by atoms with Crippen molar-refractivity contribution in [3.05, 3.63) is 29.5 Å². The number of nitrogens with zero attached hydrogens (tertiary/aromatic N) is 2. The van der Waals surface area contributed by atoms with E-state index >= 15 is 0 Å². The zero-order valence-corrected chi connectivity index (χ0v) is 15.8. The highest BCUT2D eigenvalue weighted by Crippen LogP contribution is 2.38.